The molecule has 0 amide bonds. The number of likely N-dealkylation sites (N-methyl/N-ethyl adjacent to an activating group) is 1. The minimum Gasteiger partial charge on any atom is -0.338 e. The van der Waals surface area contributed by atoms with Gasteiger partial charge in [-0.1, -0.05) is 6.92 Å². The molecule has 0 aliphatic rings. The topological polar surface area (TPSA) is 29.9 Å². The van der Waals surface area contributed by atoms with Crippen LogP contribution in [-0.2, 0) is 13.5 Å². The molecule has 0 bridgehead atoms. The molecule has 18 heavy (non-hydrogen) atoms. The van der Waals surface area contributed by atoms with E-state index in [4.69, 9.17) is 0 Å². The first-order valence-corrected chi connectivity index (χ1v) is 8.16. The molecule has 1 N–H and O–H groups in total. The van der Waals surface area contributed by atoms with Crippen molar-refractivity contribution < 1.29 is 0 Å². The average molecular weight is 393 g/mol. The molecular weight excluding hydrogens is 378 g/mol. The summed E-state index contributed by atoms with van der Waals surface area (Å²) in [5, 5.41) is 3.52. The maximum Gasteiger partial charge on any atom is 0.110 e. The molecule has 98 valence electrons. The Morgan fingerprint density at radius 1 is 1.50 bits per heavy atom. The second kappa shape index (κ2) is 6.32. The van der Waals surface area contributed by atoms with Gasteiger partial charge in [0.2, 0.25) is 0 Å². The second-order valence-electron chi connectivity index (χ2n) is 4.04. The molecule has 3 nitrogen and oxygen atoms in total. The predicted octanol–water partition coefficient (Wildman–Crippen LogP) is 3.90. The third-order valence-electron chi connectivity index (χ3n) is 2.77. The van der Waals surface area contributed by atoms with Gasteiger partial charge in [-0.25, -0.2) is 4.98 Å². The van der Waals surface area contributed by atoms with E-state index in [0.717, 1.165) is 27.0 Å². The maximum absolute atomic E-state index is 4.40. The SMILES string of the molecule is CCNC(Cc1nccn1C)c1cc(Br)c(Br)s1. The van der Waals surface area contributed by atoms with E-state index in [-0.39, 0.29) is 0 Å². The number of nitrogens with zero attached hydrogens (tertiary/aromatic N) is 2. The number of hydrogen-bond donors (Lipinski definition) is 1. The van der Waals surface area contributed by atoms with Crippen molar-refractivity contribution >= 4 is 43.2 Å². The van der Waals surface area contributed by atoms with Crippen LogP contribution in [0.4, 0.5) is 0 Å². The first kappa shape index (κ1) is 14.2. The van der Waals surface area contributed by atoms with E-state index in [1.54, 1.807) is 11.3 Å². The van der Waals surface area contributed by atoms with Crippen molar-refractivity contribution in [2.45, 2.75) is 19.4 Å². The molecule has 6 heteroatoms. The predicted molar refractivity (Wildman–Crippen MR) is 83.0 cm³/mol. The largest absolute Gasteiger partial charge is 0.338 e. The molecule has 2 aromatic heterocycles. The van der Waals surface area contributed by atoms with Gasteiger partial charge in [0, 0.05) is 41.3 Å². The van der Waals surface area contributed by atoms with Gasteiger partial charge < -0.3 is 9.88 Å². The van der Waals surface area contributed by atoms with Crippen molar-refractivity contribution in [1.29, 1.82) is 0 Å². The molecule has 0 radical (unpaired) electrons. The first-order valence-electron chi connectivity index (χ1n) is 5.76. The summed E-state index contributed by atoms with van der Waals surface area (Å²) in [5.74, 6) is 1.10. The lowest BCUT2D eigenvalue weighted by Gasteiger charge is -2.16. The molecule has 0 aromatic carbocycles. The molecule has 0 spiro atoms. The smallest absolute Gasteiger partial charge is 0.110 e. The Morgan fingerprint density at radius 2 is 2.28 bits per heavy atom. The van der Waals surface area contributed by atoms with Crippen LogP contribution in [0, 0.1) is 0 Å². The normalized spacial score (nSPS) is 12.9. The Hall–Kier alpha value is -0.170. The van der Waals surface area contributed by atoms with E-state index < -0.39 is 0 Å². The van der Waals surface area contributed by atoms with Crippen LogP contribution in [0.1, 0.15) is 23.7 Å². The van der Waals surface area contributed by atoms with Crippen molar-refractivity contribution in [1.82, 2.24) is 14.9 Å². The van der Waals surface area contributed by atoms with Gasteiger partial charge >= 0.3 is 0 Å². The van der Waals surface area contributed by atoms with E-state index in [1.165, 1.54) is 4.88 Å². The van der Waals surface area contributed by atoms with E-state index >= 15 is 0 Å². The fraction of sp³-hybridized carbons (Fsp3) is 0.417. The van der Waals surface area contributed by atoms with E-state index in [1.807, 2.05) is 19.4 Å². The monoisotopic (exact) mass is 391 g/mol. The summed E-state index contributed by atoms with van der Waals surface area (Å²) in [6.45, 7) is 3.07. The van der Waals surface area contributed by atoms with Crippen molar-refractivity contribution in [3.63, 3.8) is 0 Å². The van der Waals surface area contributed by atoms with Crippen LogP contribution in [0.15, 0.2) is 26.7 Å². The minimum atomic E-state index is 0.309. The summed E-state index contributed by atoms with van der Waals surface area (Å²) in [6, 6.07) is 2.48. The van der Waals surface area contributed by atoms with Crippen LogP contribution in [0.3, 0.4) is 0 Å². The van der Waals surface area contributed by atoms with Gasteiger partial charge in [0.15, 0.2) is 0 Å². The van der Waals surface area contributed by atoms with Gasteiger partial charge in [0.05, 0.1) is 3.79 Å². The second-order valence-corrected chi connectivity index (χ2v) is 7.30. The Bertz CT molecular complexity index is 502. The Morgan fingerprint density at radius 3 is 2.78 bits per heavy atom. The molecule has 0 fully saturated rings. The van der Waals surface area contributed by atoms with Gasteiger partial charge in [0.25, 0.3) is 0 Å². The van der Waals surface area contributed by atoms with Gasteiger partial charge in [-0.2, -0.15) is 0 Å². The minimum absolute atomic E-state index is 0.309. The number of rotatable bonds is 5. The molecular formula is C12H15Br2N3S. The Balaban J connectivity index is 2.20. The number of aryl methyl sites for hydroxylation is 1. The lowest BCUT2D eigenvalue weighted by molar-refractivity contribution is 0.536. The number of halogens is 2. The quantitative estimate of drug-likeness (QED) is 0.836. The van der Waals surface area contributed by atoms with Crippen LogP contribution in [-0.4, -0.2) is 16.1 Å². The van der Waals surface area contributed by atoms with Gasteiger partial charge in [-0.15, -0.1) is 11.3 Å². The van der Waals surface area contributed by atoms with E-state index in [2.05, 4.69) is 59.7 Å². The highest BCUT2D eigenvalue weighted by atomic mass is 79.9. The highest BCUT2D eigenvalue weighted by Gasteiger charge is 2.17. The first-order chi connectivity index (χ1) is 8.61. The Labute approximate surface area is 128 Å². The highest BCUT2D eigenvalue weighted by molar-refractivity contribution is 9.13. The van der Waals surface area contributed by atoms with Crippen molar-refractivity contribution in [3.8, 4) is 0 Å². The molecule has 1 atom stereocenters. The zero-order chi connectivity index (χ0) is 13.1. The molecule has 2 rings (SSSR count). The lowest BCUT2D eigenvalue weighted by atomic mass is 10.1. The molecule has 0 saturated heterocycles. The van der Waals surface area contributed by atoms with Crippen LogP contribution >= 0.6 is 43.2 Å². The standard InChI is InChI=1S/C12H15Br2N3S/c1-3-15-9(7-11-16-4-5-17(11)2)10-6-8(13)12(14)18-10/h4-6,9,15H,3,7H2,1-2H3. The third kappa shape index (κ3) is 3.23. The average Bonchev–Trinajstić information content (AvgIpc) is 2.87. The van der Waals surface area contributed by atoms with Crippen LogP contribution in [0.5, 0.6) is 0 Å². The number of nitrogens with one attached hydrogen (secondary N) is 1. The van der Waals surface area contributed by atoms with Crippen LogP contribution < -0.4 is 5.32 Å². The van der Waals surface area contributed by atoms with E-state index in [9.17, 15) is 0 Å². The third-order valence-corrected chi connectivity index (χ3v) is 6.14. The summed E-state index contributed by atoms with van der Waals surface area (Å²) < 4.78 is 4.33. The van der Waals surface area contributed by atoms with Gasteiger partial charge in [-0.3, -0.25) is 0 Å². The Kier molecular flexibility index (Phi) is 5.00. The number of hydrogen-bond acceptors (Lipinski definition) is 3. The van der Waals surface area contributed by atoms with Gasteiger partial charge in [0.1, 0.15) is 5.82 Å². The number of imidazole rings is 1. The molecule has 0 saturated carbocycles. The molecule has 0 aliphatic heterocycles. The summed E-state index contributed by atoms with van der Waals surface area (Å²) in [4.78, 5) is 5.71. The zero-order valence-electron chi connectivity index (χ0n) is 10.3. The number of aromatic nitrogens is 2. The van der Waals surface area contributed by atoms with Crippen molar-refractivity contribution in [2.75, 3.05) is 6.54 Å². The highest BCUT2D eigenvalue weighted by Crippen LogP contribution is 2.36. The number of thiophene rings is 1. The van der Waals surface area contributed by atoms with Crippen LogP contribution in [0.25, 0.3) is 0 Å². The zero-order valence-corrected chi connectivity index (χ0v) is 14.3. The molecule has 0 aliphatic carbocycles. The summed E-state index contributed by atoms with van der Waals surface area (Å²) in [7, 11) is 2.03. The molecule has 2 aromatic rings. The lowest BCUT2D eigenvalue weighted by Crippen LogP contribution is -2.23. The summed E-state index contributed by atoms with van der Waals surface area (Å²) in [5.41, 5.74) is 0. The summed E-state index contributed by atoms with van der Waals surface area (Å²) in [6.07, 6.45) is 4.73. The fourth-order valence-electron chi connectivity index (χ4n) is 1.83. The molecule has 1 unspecified atom stereocenters. The maximum atomic E-state index is 4.40. The fourth-order valence-corrected chi connectivity index (χ4v) is 4.00. The molecule has 2 heterocycles. The van der Waals surface area contributed by atoms with Gasteiger partial charge in [-0.05, 0) is 44.5 Å². The summed E-state index contributed by atoms with van der Waals surface area (Å²) >= 11 is 8.85. The van der Waals surface area contributed by atoms with E-state index in [0.29, 0.717) is 6.04 Å². The van der Waals surface area contributed by atoms with Crippen LogP contribution in [0.2, 0.25) is 0 Å². The van der Waals surface area contributed by atoms with Crippen molar-refractivity contribution in [2.24, 2.45) is 7.05 Å². The van der Waals surface area contributed by atoms with Crippen molar-refractivity contribution in [3.05, 3.63) is 37.4 Å².